The molecule has 3 rings (SSSR count). The summed E-state index contributed by atoms with van der Waals surface area (Å²) < 4.78 is 14.7. The van der Waals surface area contributed by atoms with Gasteiger partial charge in [0.25, 0.3) is 0 Å². The Morgan fingerprint density at radius 2 is 2.29 bits per heavy atom. The molecule has 1 amide bonds. The van der Waals surface area contributed by atoms with Crippen LogP contribution in [0, 0.1) is 11.7 Å². The molecule has 0 bridgehead atoms. The predicted molar refractivity (Wildman–Crippen MR) is 77.9 cm³/mol. The van der Waals surface area contributed by atoms with E-state index in [1.807, 2.05) is 6.92 Å². The third-order valence-electron chi connectivity index (χ3n) is 3.71. The van der Waals surface area contributed by atoms with Crippen molar-refractivity contribution in [3.8, 4) is 0 Å². The first-order valence-corrected chi connectivity index (χ1v) is 7.50. The first-order chi connectivity index (χ1) is 9.97. The summed E-state index contributed by atoms with van der Waals surface area (Å²) in [5.41, 5.74) is 0.406. The molecule has 4 nitrogen and oxygen atoms in total. The maximum Gasteiger partial charge on any atom is 0.346 e. The van der Waals surface area contributed by atoms with Crippen LogP contribution < -0.4 is 0 Å². The number of rotatable bonds is 3. The number of carboxylic acids is 1. The molecule has 1 N–H and O–H groups in total. The number of amides is 1. The van der Waals surface area contributed by atoms with E-state index in [2.05, 4.69) is 0 Å². The molecule has 0 radical (unpaired) electrons. The number of carbonyl (C=O) groups is 2. The number of nitrogens with zero attached hydrogens (tertiary/aromatic N) is 1. The van der Waals surface area contributed by atoms with Crippen LogP contribution in [0.5, 0.6) is 0 Å². The van der Waals surface area contributed by atoms with Crippen molar-refractivity contribution in [3.05, 3.63) is 34.5 Å². The van der Waals surface area contributed by atoms with Gasteiger partial charge in [-0.05, 0) is 18.1 Å². The molecule has 1 aromatic carbocycles. The van der Waals surface area contributed by atoms with Gasteiger partial charge in [-0.25, -0.2) is 9.18 Å². The predicted octanol–water partition coefficient (Wildman–Crippen LogP) is 3.11. The van der Waals surface area contributed by atoms with E-state index in [4.69, 9.17) is 0 Å². The van der Waals surface area contributed by atoms with Gasteiger partial charge in [0.1, 0.15) is 10.7 Å². The Balaban J connectivity index is 2.09. The largest absolute Gasteiger partial charge is 0.477 e. The van der Waals surface area contributed by atoms with Crippen molar-refractivity contribution >= 4 is 33.3 Å². The van der Waals surface area contributed by atoms with E-state index in [9.17, 15) is 19.1 Å². The molecule has 1 aliphatic rings. The van der Waals surface area contributed by atoms with E-state index < -0.39 is 11.8 Å². The zero-order chi connectivity index (χ0) is 15.1. The standard InChI is InChI=1S/C15H14FNO3S/c1-8-5-12(18)17(6-8)7-9-13-10(16)3-2-4-11(13)21-14(9)15(19)20/h2-4,8H,5-7H2,1H3,(H,19,20). The second-order valence-electron chi connectivity index (χ2n) is 5.41. The van der Waals surface area contributed by atoms with Gasteiger partial charge in [-0.15, -0.1) is 11.3 Å². The Hall–Kier alpha value is -1.95. The smallest absolute Gasteiger partial charge is 0.346 e. The number of carbonyl (C=O) groups excluding carboxylic acids is 1. The van der Waals surface area contributed by atoms with Crippen LogP contribution in [-0.4, -0.2) is 28.4 Å². The monoisotopic (exact) mass is 307 g/mol. The van der Waals surface area contributed by atoms with Crippen LogP contribution in [0.1, 0.15) is 28.6 Å². The van der Waals surface area contributed by atoms with Gasteiger partial charge >= 0.3 is 5.97 Å². The lowest BCUT2D eigenvalue weighted by molar-refractivity contribution is -0.128. The normalized spacial score (nSPS) is 18.7. The minimum atomic E-state index is -1.08. The van der Waals surface area contributed by atoms with Crippen LogP contribution in [0.2, 0.25) is 0 Å². The summed E-state index contributed by atoms with van der Waals surface area (Å²) in [7, 11) is 0. The molecule has 2 heterocycles. The molecular weight excluding hydrogens is 293 g/mol. The maximum absolute atomic E-state index is 14.1. The van der Waals surface area contributed by atoms with Crippen LogP contribution in [0.15, 0.2) is 18.2 Å². The highest BCUT2D eigenvalue weighted by Crippen LogP contribution is 2.35. The second kappa shape index (κ2) is 5.11. The highest BCUT2D eigenvalue weighted by atomic mass is 32.1. The minimum absolute atomic E-state index is 0.00507. The molecule has 0 saturated carbocycles. The van der Waals surface area contributed by atoms with Gasteiger partial charge in [-0.1, -0.05) is 13.0 Å². The van der Waals surface area contributed by atoms with Crippen LogP contribution in [0.3, 0.4) is 0 Å². The van der Waals surface area contributed by atoms with Crippen molar-refractivity contribution in [1.82, 2.24) is 4.90 Å². The lowest BCUT2D eigenvalue weighted by atomic mass is 10.1. The molecule has 1 fully saturated rings. The Kier molecular flexibility index (Phi) is 3.41. The van der Waals surface area contributed by atoms with E-state index in [0.29, 0.717) is 28.6 Å². The molecule has 0 spiro atoms. The molecule has 1 unspecified atom stereocenters. The topological polar surface area (TPSA) is 57.6 Å². The Morgan fingerprint density at radius 1 is 1.52 bits per heavy atom. The lowest BCUT2D eigenvalue weighted by Gasteiger charge is -2.16. The third-order valence-corrected chi connectivity index (χ3v) is 4.90. The molecule has 0 aliphatic carbocycles. The van der Waals surface area contributed by atoms with E-state index in [1.54, 1.807) is 17.0 Å². The number of benzene rings is 1. The molecular formula is C15H14FNO3S. The van der Waals surface area contributed by atoms with Crippen LogP contribution in [0.4, 0.5) is 4.39 Å². The fourth-order valence-corrected chi connectivity index (χ4v) is 3.87. The summed E-state index contributed by atoms with van der Waals surface area (Å²) in [6.45, 7) is 2.72. The molecule has 1 aromatic heterocycles. The number of thiophene rings is 1. The Bertz CT molecular complexity index is 740. The molecule has 1 saturated heterocycles. The number of hydrogen-bond acceptors (Lipinski definition) is 3. The highest BCUT2D eigenvalue weighted by molar-refractivity contribution is 7.21. The van der Waals surface area contributed by atoms with Crippen molar-refractivity contribution in [2.24, 2.45) is 5.92 Å². The fraction of sp³-hybridized carbons (Fsp3) is 0.333. The maximum atomic E-state index is 14.1. The van der Waals surface area contributed by atoms with Gasteiger partial charge in [0, 0.05) is 35.2 Å². The summed E-state index contributed by atoms with van der Waals surface area (Å²) in [6, 6.07) is 4.58. The van der Waals surface area contributed by atoms with E-state index in [0.717, 1.165) is 11.3 Å². The van der Waals surface area contributed by atoms with E-state index in [1.165, 1.54) is 6.07 Å². The molecule has 6 heteroatoms. The number of fused-ring (bicyclic) bond motifs is 1. The van der Waals surface area contributed by atoms with Crippen molar-refractivity contribution in [1.29, 1.82) is 0 Å². The highest BCUT2D eigenvalue weighted by Gasteiger charge is 2.29. The molecule has 21 heavy (non-hydrogen) atoms. The van der Waals surface area contributed by atoms with Crippen molar-refractivity contribution in [3.63, 3.8) is 0 Å². The van der Waals surface area contributed by atoms with Crippen LogP contribution in [-0.2, 0) is 11.3 Å². The van der Waals surface area contributed by atoms with Gasteiger partial charge < -0.3 is 10.0 Å². The van der Waals surface area contributed by atoms with Gasteiger partial charge in [0.2, 0.25) is 5.91 Å². The van der Waals surface area contributed by atoms with Gasteiger partial charge in [0.05, 0.1) is 0 Å². The van der Waals surface area contributed by atoms with E-state index >= 15 is 0 Å². The Labute approximate surface area is 124 Å². The minimum Gasteiger partial charge on any atom is -0.477 e. The third kappa shape index (κ3) is 2.40. The first-order valence-electron chi connectivity index (χ1n) is 6.68. The quantitative estimate of drug-likeness (QED) is 0.948. The number of likely N-dealkylation sites (tertiary alicyclic amines) is 1. The molecule has 1 aliphatic heterocycles. The molecule has 2 aromatic rings. The zero-order valence-corrected chi connectivity index (χ0v) is 12.2. The number of halogens is 1. The van der Waals surface area contributed by atoms with E-state index in [-0.39, 0.29) is 23.2 Å². The summed E-state index contributed by atoms with van der Waals surface area (Å²) in [6.07, 6.45) is 0.465. The molecule has 110 valence electrons. The number of carboxylic acid groups (broad SMARTS) is 1. The van der Waals surface area contributed by atoms with Crippen molar-refractivity contribution in [2.45, 2.75) is 19.9 Å². The fourth-order valence-electron chi connectivity index (χ4n) is 2.80. The van der Waals surface area contributed by atoms with Crippen LogP contribution in [0.25, 0.3) is 10.1 Å². The summed E-state index contributed by atoms with van der Waals surface area (Å²) in [5.74, 6) is -1.27. The summed E-state index contributed by atoms with van der Waals surface area (Å²) >= 11 is 1.05. The second-order valence-corrected chi connectivity index (χ2v) is 6.46. The average molecular weight is 307 g/mol. The van der Waals surface area contributed by atoms with Gasteiger partial charge in [-0.3, -0.25) is 4.79 Å². The molecule has 1 atom stereocenters. The zero-order valence-electron chi connectivity index (χ0n) is 11.4. The SMILES string of the molecule is CC1CC(=O)N(Cc2c(C(=O)O)sc3cccc(F)c23)C1. The lowest BCUT2D eigenvalue weighted by Crippen LogP contribution is -2.25. The summed E-state index contributed by atoms with van der Waals surface area (Å²) in [4.78, 5) is 25.0. The van der Waals surface area contributed by atoms with Crippen molar-refractivity contribution < 1.29 is 19.1 Å². The average Bonchev–Trinajstić information content (AvgIpc) is 2.92. The summed E-state index contributed by atoms with van der Waals surface area (Å²) in [5, 5.41) is 9.66. The first kappa shape index (κ1) is 14.0. The number of aromatic carboxylic acids is 1. The van der Waals surface area contributed by atoms with Crippen molar-refractivity contribution in [2.75, 3.05) is 6.54 Å². The van der Waals surface area contributed by atoms with Gasteiger partial charge in [-0.2, -0.15) is 0 Å². The van der Waals surface area contributed by atoms with Gasteiger partial charge in [0.15, 0.2) is 0 Å². The number of hydrogen-bond donors (Lipinski definition) is 1. The van der Waals surface area contributed by atoms with Crippen LogP contribution >= 0.6 is 11.3 Å². The Morgan fingerprint density at radius 3 is 2.90 bits per heavy atom.